The molecule has 1 aromatic carbocycles. The van der Waals surface area contributed by atoms with Crippen LogP contribution in [0.2, 0.25) is 0 Å². The molecule has 0 spiro atoms. The van der Waals surface area contributed by atoms with Crippen LogP contribution in [0.15, 0.2) is 36.5 Å². The quantitative estimate of drug-likeness (QED) is 0.694. The molecule has 2 aliphatic heterocycles. The number of aliphatic hydroxyl groups excluding tert-OH is 1. The number of piperidine rings is 1. The molecule has 1 fully saturated rings. The Bertz CT molecular complexity index is 995. The Morgan fingerprint density at radius 2 is 2.03 bits per heavy atom. The molecule has 11 heteroatoms. The number of aliphatic hydroxyl groups is 1. The summed E-state index contributed by atoms with van der Waals surface area (Å²) in [5, 5.41) is 12.6. The van der Waals surface area contributed by atoms with Gasteiger partial charge in [-0.3, -0.25) is 4.98 Å². The second-order valence-corrected chi connectivity index (χ2v) is 7.70. The molecular weight excluding hydrogens is 434 g/mol. The first kappa shape index (κ1) is 22.1. The highest BCUT2D eigenvalue weighted by Gasteiger charge is 2.44. The number of carbonyl (C=O) groups excluding carboxylic acids is 1. The zero-order valence-electron chi connectivity index (χ0n) is 16.9. The van der Waals surface area contributed by atoms with E-state index in [0.29, 0.717) is 37.4 Å². The number of nitrogens with zero attached hydrogens (tertiary/aromatic N) is 2. The minimum atomic E-state index is -5.04. The van der Waals surface area contributed by atoms with Crippen LogP contribution in [0.5, 0.6) is 11.5 Å². The van der Waals surface area contributed by atoms with Gasteiger partial charge < -0.3 is 24.8 Å². The van der Waals surface area contributed by atoms with Gasteiger partial charge in [0.25, 0.3) is 0 Å². The summed E-state index contributed by atoms with van der Waals surface area (Å²) in [4.78, 5) is 19.0. The Labute approximate surface area is 181 Å². The van der Waals surface area contributed by atoms with Crippen molar-refractivity contribution in [3.8, 4) is 11.5 Å². The third-order valence-electron chi connectivity index (χ3n) is 5.63. The maximum absolute atomic E-state index is 14.6. The van der Waals surface area contributed by atoms with Gasteiger partial charge in [0, 0.05) is 25.7 Å². The van der Waals surface area contributed by atoms with Gasteiger partial charge in [0.15, 0.2) is 11.6 Å². The molecule has 1 unspecified atom stereocenters. The second-order valence-electron chi connectivity index (χ2n) is 7.70. The van der Waals surface area contributed by atoms with E-state index in [1.54, 1.807) is 12.1 Å². The van der Waals surface area contributed by atoms with Crippen LogP contribution >= 0.6 is 0 Å². The van der Waals surface area contributed by atoms with Crippen molar-refractivity contribution in [2.24, 2.45) is 0 Å². The van der Waals surface area contributed by atoms with Crippen LogP contribution in [-0.4, -0.2) is 53.2 Å². The summed E-state index contributed by atoms with van der Waals surface area (Å²) >= 11 is 0. The zero-order valence-corrected chi connectivity index (χ0v) is 16.9. The smallest absolute Gasteiger partial charge is 0.491 e. The fourth-order valence-corrected chi connectivity index (χ4v) is 4.04. The second kappa shape index (κ2) is 8.45. The standard InChI is InChI=1S/C21H21F4N3O4/c22-15-12-13(3-4-16(15)32-21(23,24)25)20(7-11-31-17-2-1-8-26-18(17)20)27-19(30)28-9-5-14(29)6-10-28/h1-4,8,12,14,29H,5-7,9-11H2,(H,27,30). The number of hydrogen-bond donors (Lipinski definition) is 2. The number of alkyl halides is 3. The summed E-state index contributed by atoms with van der Waals surface area (Å²) in [6.07, 6.45) is -3.00. The molecule has 1 saturated heterocycles. The lowest BCUT2D eigenvalue weighted by Crippen LogP contribution is -2.55. The molecule has 2 aromatic rings. The normalized spacial score (nSPS) is 21.5. The van der Waals surface area contributed by atoms with Crippen molar-refractivity contribution in [1.82, 2.24) is 15.2 Å². The number of amides is 2. The van der Waals surface area contributed by atoms with Crippen LogP contribution in [0, 0.1) is 5.82 Å². The van der Waals surface area contributed by atoms with Gasteiger partial charge >= 0.3 is 12.4 Å². The zero-order chi connectivity index (χ0) is 22.9. The first-order valence-electron chi connectivity index (χ1n) is 10.1. The van der Waals surface area contributed by atoms with Crippen LogP contribution in [0.1, 0.15) is 30.5 Å². The van der Waals surface area contributed by atoms with Crippen molar-refractivity contribution in [3.05, 3.63) is 53.6 Å². The summed E-state index contributed by atoms with van der Waals surface area (Å²) in [5.74, 6) is -1.82. The van der Waals surface area contributed by atoms with E-state index < -0.39 is 35.6 Å². The third-order valence-corrected chi connectivity index (χ3v) is 5.63. The van der Waals surface area contributed by atoms with E-state index in [2.05, 4.69) is 15.0 Å². The number of hydrogen-bond acceptors (Lipinski definition) is 5. The van der Waals surface area contributed by atoms with Crippen molar-refractivity contribution in [2.45, 2.75) is 37.3 Å². The molecule has 0 aliphatic carbocycles. The number of rotatable bonds is 3. The Balaban J connectivity index is 1.73. The molecule has 3 heterocycles. The van der Waals surface area contributed by atoms with E-state index in [1.807, 2.05) is 0 Å². The summed E-state index contributed by atoms with van der Waals surface area (Å²) in [5.41, 5.74) is -0.807. The summed E-state index contributed by atoms with van der Waals surface area (Å²) < 4.78 is 61.6. The average Bonchev–Trinajstić information content (AvgIpc) is 2.75. The first-order chi connectivity index (χ1) is 15.2. The van der Waals surface area contributed by atoms with Gasteiger partial charge in [-0.1, -0.05) is 6.07 Å². The van der Waals surface area contributed by atoms with E-state index in [-0.39, 0.29) is 18.6 Å². The molecular formula is C21H21F4N3O4. The van der Waals surface area contributed by atoms with Crippen molar-refractivity contribution >= 4 is 6.03 Å². The highest BCUT2D eigenvalue weighted by molar-refractivity contribution is 5.76. The van der Waals surface area contributed by atoms with Gasteiger partial charge in [-0.25, -0.2) is 9.18 Å². The first-order valence-corrected chi connectivity index (χ1v) is 10.1. The summed E-state index contributed by atoms with van der Waals surface area (Å²) in [7, 11) is 0. The number of nitrogens with one attached hydrogen (secondary N) is 1. The monoisotopic (exact) mass is 455 g/mol. The van der Waals surface area contributed by atoms with E-state index in [0.717, 1.165) is 12.1 Å². The molecule has 32 heavy (non-hydrogen) atoms. The number of ether oxygens (including phenoxy) is 2. The van der Waals surface area contributed by atoms with E-state index in [1.165, 1.54) is 17.2 Å². The predicted octanol–water partition coefficient (Wildman–Crippen LogP) is 3.31. The van der Waals surface area contributed by atoms with Crippen molar-refractivity contribution < 1.29 is 36.9 Å². The van der Waals surface area contributed by atoms with Gasteiger partial charge in [0.1, 0.15) is 17.0 Å². The van der Waals surface area contributed by atoms with Gasteiger partial charge in [-0.05, 0) is 42.7 Å². The molecule has 7 nitrogen and oxygen atoms in total. The van der Waals surface area contributed by atoms with Gasteiger partial charge in [-0.2, -0.15) is 0 Å². The lowest BCUT2D eigenvalue weighted by atomic mass is 9.81. The number of benzene rings is 1. The van der Waals surface area contributed by atoms with Gasteiger partial charge in [0.2, 0.25) is 0 Å². The molecule has 2 amide bonds. The Hall–Kier alpha value is -3.08. The highest BCUT2D eigenvalue weighted by atomic mass is 19.4. The van der Waals surface area contributed by atoms with Crippen molar-refractivity contribution in [3.63, 3.8) is 0 Å². The molecule has 0 saturated carbocycles. The molecule has 2 aliphatic rings. The Kier molecular flexibility index (Phi) is 5.85. The number of aromatic nitrogens is 1. The summed E-state index contributed by atoms with van der Waals surface area (Å²) in [6, 6.07) is 5.90. The predicted molar refractivity (Wildman–Crippen MR) is 104 cm³/mol. The lowest BCUT2D eigenvalue weighted by molar-refractivity contribution is -0.275. The minimum absolute atomic E-state index is 0.167. The van der Waals surface area contributed by atoms with Crippen molar-refractivity contribution in [1.29, 1.82) is 0 Å². The maximum Gasteiger partial charge on any atom is 0.573 e. The number of pyridine rings is 1. The molecule has 2 N–H and O–H groups in total. The fraction of sp³-hybridized carbons (Fsp3) is 0.429. The summed E-state index contributed by atoms with van der Waals surface area (Å²) in [6.45, 7) is 0.836. The van der Waals surface area contributed by atoms with E-state index >= 15 is 0 Å². The van der Waals surface area contributed by atoms with Crippen LogP contribution < -0.4 is 14.8 Å². The van der Waals surface area contributed by atoms with Crippen LogP contribution in [0.4, 0.5) is 22.4 Å². The number of carbonyl (C=O) groups is 1. The van der Waals surface area contributed by atoms with Crippen LogP contribution in [0.3, 0.4) is 0 Å². The Morgan fingerprint density at radius 1 is 1.28 bits per heavy atom. The van der Waals surface area contributed by atoms with Crippen molar-refractivity contribution in [2.75, 3.05) is 19.7 Å². The van der Waals surface area contributed by atoms with E-state index in [4.69, 9.17) is 4.74 Å². The molecule has 172 valence electrons. The molecule has 4 rings (SSSR count). The molecule has 1 atom stereocenters. The number of fused-ring (bicyclic) bond motifs is 1. The van der Waals surface area contributed by atoms with Gasteiger partial charge in [0.05, 0.1) is 12.7 Å². The number of urea groups is 1. The minimum Gasteiger partial charge on any atom is -0.491 e. The number of halogens is 4. The van der Waals surface area contributed by atoms with Crippen LogP contribution in [0.25, 0.3) is 0 Å². The third kappa shape index (κ3) is 4.43. The van der Waals surface area contributed by atoms with Gasteiger partial charge in [-0.15, -0.1) is 13.2 Å². The molecule has 1 aromatic heterocycles. The maximum atomic E-state index is 14.6. The fourth-order valence-electron chi connectivity index (χ4n) is 4.04. The Morgan fingerprint density at radius 3 is 2.72 bits per heavy atom. The lowest BCUT2D eigenvalue weighted by Gasteiger charge is -2.41. The number of likely N-dealkylation sites (tertiary alicyclic amines) is 1. The van der Waals surface area contributed by atoms with E-state index in [9.17, 15) is 27.5 Å². The highest BCUT2D eigenvalue weighted by Crippen LogP contribution is 2.42. The molecule has 0 radical (unpaired) electrons. The SMILES string of the molecule is O=C(NC1(c2ccc(OC(F)(F)F)c(F)c2)CCOc2cccnc21)N1CCC(O)CC1. The molecule has 0 bridgehead atoms. The van der Waals surface area contributed by atoms with Crippen LogP contribution in [-0.2, 0) is 5.54 Å². The largest absolute Gasteiger partial charge is 0.573 e. The topological polar surface area (TPSA) is 83.9 Å². The average molecular weight is 455 g/mol.